The summed E-state index contributed by atoms with van der Waals surface area (Å²) >= 11 is 6.08. The van der Waals surface area contributed by atoms with Crippen LogP contribution in [0.25, 0.3) is 11.6 Å². The summed E-state index contributed by atoms with van der Waals surface area (Å²) in [5.74, 6) is -2.51. The summed E-state index contributed by atoms with van der Waals surface area (Å²) in [7, 11) is 0. The smallest absolute Gasteiger partial charge is 0.328 e. The van der Waals surface area contributed by atoms with Gasteiger partial charge >= 0.3 is 11.9 Å². The Bertz CT molecular complexity index is 935. The van der Waals surface area contributed by atoms with Gasteiger partial charge in [0.25, 0.3) is 0 Å². The van der Waals surface area contributed by atoms with E-state index in [1.165, 1.54) is 16.7 Å². The molecule has 1 aromatic carbocycles. The molecule has 0 aliphatic heterocycles. The molecule has 1 aromatic heterocycles. The highest BCUT2D eigenvalue weighted by Crippen LogP contribution is 2.31. The van der Waals surface area contributed by atoms with Gasteiger partial charge < -0.3 is 15.9 Å². The second-order valence-corrected chi connectivity index (χ2v) is 6.59. The molecule has 1 heterocycles. The third-order valence-electron chi connectivity index (χ3n) is 4.06. The van der Waals surface area contributed by atoms with Gasteiger partial charge in [0.2, 0.25) is 0 Å². The normalized spacial score (nSPS) is 12.6. The summed E-state index contributed by atoms with van der Waals surface area (Å²) in [6.45, 7) is 2.09. The zero-order valence-electron chi connectivity index (χ0n) is 15.4. The van der Waals surface area contributed by atoms with Crippen molar-refractivity contribution in [2.75, 3.05) is 5.73 Å². The summed E-state index contributed by atoms with van der Waals surface area (Å²) in [6.07, 6.45) is 6.22. The molecule has 146 valence electrons. The van der Waals surface area contributed by atoms with Gasteiger partial charge in [-0.2, -0.15) is 0 Å². The van der Waals surface area contributed by atoms with Gasteiger partial charge in [0.1, 0.15) is 0 Å². The maximum absolute atomic E-state index is 9.55. The Hall–Kier alpha value is -3.12. The van der Waals surface area contributed by atoms with Gasteiger partial charge in [-0.3, -0.25) is 4.98 Å². The first-order valence-electron chi connectivity index (χ1n) is 8.68. The number of carbonyl (C=O) groups is 2. The van der Waals surface area contributed by atoms with Gasteiger partial charge in [-0.25, -0.2) is 9.59 Å². The molecule has 0 bridgehead atoms. The zero-order valence-corrected chi connectivity index (χ0v) is 16.1. The molecule has 4 N–H and O–H groups in total. The van der Waals surface area contributed by atoms with E-state index in [0.717, 1.165) is 41.4 Å². The van der Waals surface area contributed by atoms with Crippen LogP contribution in [0.3, 0.4) is 0 Å². The number of aromatic nitrogens is 1. The van der Waals surface area contributed by atoms with E-state index in [1.54, 1.807) is 0 Å². The van der Waals surface area contributed by atoms with Crippen LogP contribution >= 0.6 is 11.6 Å². The standard InChI is InChI=1S/C17H17ClN2.C4H4O4/c1-2-16-9-15(19)10-17(20-16)12-4-3-11-5-6-14(18)8-13(11)7-12;5-3(6)1-2-4(7)8/h5-10H,2-4H2,1H3,(H2,19,20);1-2H,(H,5,6)(H,7,8). The lowest BCUT2D eigenvalue weighted by Crippen LogP contribution is -2.03. The van der Waals surface area contributed by atoms with Gasteiger partial charge in [-0.1, -0.05) is 24.6 Å². The third kappa shape index (κ3) is 6.25. The summed E-state index contributed by atoms with van der Waals surface area (Å²) < 4.78 is 0. The number of nitrogen functional groups attached to an aromatic ring is 1. The number of aliphatic carboxylic acids is 2. The fourth-order valence-electron chi connectivity index (χ4n) is 2.76. The fraction of sp³-hybridized carbons (Fsp3) is 0.190. The van der Waals surface area contributed by atoms with Crippen LogP contribution in [0, 0.1) is 0 Å². The van der Waals surface area contributed by atoms with Crippen molar-refractivity contribution in [2.24, 2.45) is 0 Å². The number of hydrogen-bond acceptors (Lipinski definition) is 4. The zero-order chi connectivity index (χ0) is 20.7. The maximum Gasteiger partial charge on any atom is 0.328 e. The first-order valence-corrected chi connectivity index (χ1v) is 9.06. The highest BCUT2D eigenvalue weighted by atomic mass is 35.5. The Balaban J connectivity index is 0.000000300. The third-order valence-corrected chi connectivity index (χ3v) is 4.30. The minimum Gasteiger partial charge on any atom is -0.478 e. The number of hydrogen-bond donors (Lipinski definition) is 3. The second kappa shape index (κ2) is 9.71. The van der Waals surface area contributed by atoms with E-state index in [0.29, 0.717) is 12.2 Å². The Morgan fingerprint density at radius 3 is 2.43 bits per heavy atom. The van der Waals surface area contributed by atoms with Gasteiger partial charge in [-0.05, 0) is 66.3 Å². The van der Waals surface area contributed by atoms with E-state index in [-0.39, 0.29) is 0 Å². The minimum atomic E-state index is -1.26. The van der Waals surface area contributed by atoms with Crippen LogP contribution in [-0.4, -0.2) is 27.1 Å². The maximum atomic E-state index is 9.55. The number of anilines is 1. The molecule has 0 fully saturated rings. The molecule has 28 heavy (non-hydrogen) atoms. The van der Waals surface area contributed by atoms with Crippen LogP contribution in [0.5, 0.6) is 0 Å². The van der Waals surface area contributed by atoms with Gasteiger partial charge in [0.15, 0.2) is 0 Å². The monoisotopic (exact) mass is 400 g/mol. The number of benzene rings is 1. The molecule has 1 aliphatic rings. The van der Waals surface area contributed by atoms with Crippen LogP contribution < -0.4 is 5.73 Å². The van der Waals surface area contributed by atoms with Crippen molar-refractivity contribution in [3.63, 3.8) is 0 Å². The number of fused-ring (bicyclic) bond motifs is 1. The quantitative estimate of drug-likeness (QED) is 0.666. The molecule has 0 amide bonds. The van der Waals surface area contributed by atoms with Gasteiger partial charge in [-0.15, -0.1) is 0 Å². The molecule has 1 aliphatic carbocycles. The average Bonchev–Trinajstić information content (AvgIpc) is 2.65. The molecule has 6 nitrogen and oxygen atoms in total. The predicted octanol–water partition coefficient (Wildman–Crippen LogP) is 4.08. The Labute approximate surface area is 168 Å². The van der Waals surface area contributed by atoms with E-state index in [2.05, 4.69) is 24.1 Å². The van der Waals surface area contributed by atoms with Crippen molar-refractivity contribution >= 4 is 40.9 Å². The van der Waals surface area contributed by atoms with Gasteiger partial charge in [0, 0.05) is 28.6 Å². The lowest BCUT2D eigenvalue weighted by atomic mass is 9.90. The molecular weight excluding hydrogens is 380 g/mol. The summed E-state index contributed by atoms with van der Waals surface area (Å²) in [5.41, 5.74) is 12.6. The molecule has 0 spiro atoms. The predicted molar refractivity (Wildman–Crippen MR) is 110 cm³/mol. The largest absolute Gasteiger partial charge is 0.478 e. The van der Waals surface area contributed by atoms with E-state index in [4.69, 9.17) is 27.5 Å². The summed E-state index contributed by atoms with van der Waals surface area (Å²) in [6, 6.07) is 9.98. The van der Waals surface area contributed by atoms with E-state index in [1.807, 2.05) is 24.3 Å². The first kappa shape index (κ1) is 21.2. The number of carboxylic acids is 2. The molecule has 0 saturated carbocycles. The van der Waals surface area contributed by atoms with E-state index in [9.17, 15) is 9.59 Å². The number of halogens is 1. The number of carboxylic acid groups (broad SMARTS) is 2. The van der Waals surface area contributed by atoms with Crippen molar-refractivity contribution in [3.8, 4) is 0 Å². The van der Waals surface area contributed by atoms with E-state index >= 15 is 0 Å². The molecule has 0 atom stereocenters. The van der Waals surface area contributed by atoms with Crippen molar-refractivity contribution in [3.05, 3.63) is 70.0 Å². The molecular formula is C21H21ClN2O4. The van der Waals surface area contributed by atoms with Crippen molar-refractivity contribution in [1.82, 2.24) is 4.98 Å². The van der Waals surface area contributed by atoms with Crippen molar-refractivity contribution in [2.45, 2.75) is 26.2 Å². The van der Waals surface area contributed by atoms with Crippen LogP contribution in [0.15, 0.2) is 42.5 Å². The molecule has 0 unspecified atom stereocenters. The number of allylic oxidation sites excluding steroid dienone is 1. The van der Waals surface area contributed by atoms with Crippen LogP contribution in [-0.2, 0) is 22.4 Å². The fourth-order valence-corrected chi connectivity index (χ4v) is 2.94. The van der Waals surface area contributed by atoms with Crippen LogP contribution in [0.4, 0.5) is 5.69 Å². The first-order chi connectivity index (χ1) is 13.3. The van der Waals surface area contributed by atoms with Gasteiger partial charge in [0.05, 0.1) is 5.69 Å². The topological polar surface area (TPSA) is 114 Å². The average molecular weight is 401 g/mol. The Morgan fingerprint density at radius 1 is 1.14 bits per heavy atom. The lowest BCUT2D eigenvalue weighted by molar-refractivity contribution is -0.134. The molecule has 2 aromatic rings. The van der Waals surface area contributed by atoms with Crippen molar-refractivity contribution in [1.29, 1.82) is 0 Å². The number of rotatable bonds is 4. The highest BCUT2D eigenvalue weighted by Gasteiger charge is 2.14. The van der Waals surface area contributed by atoms with E-state index < -0.39 is 11.9 Å². The minimum absolute atomic E-state index is 0.558. The number of nitrogens with zero attached hydrogens (tertiary/aromatic N) is 1. The van der Waals surface area contributed by atoms with Crippen molar-refractivity contribution < 1.29 is 19.8 Å². The van der Waals surface area contributed by atoms with Crippen LogP contribution in [0.1, 0.15) is 35.9 Å². The summed E-state index contributed by atoms with van der Waals surface area (Å²) in [4.78, 5) is 23.8. The lowest BCUT2D eigenvalue weighted by Gasteiger charge is -2.17. The Morgan fingerprint density at radius 2 is 1.82 bits per heavy atom. The molecule has 3 rings (SSSR count). The number of aryl methyl sites for hydroxylation is 2. The SMILES string of the molecule is CCc1cc(N)cc(C2=Cc3cc(Cl)ccc3CC2)n1.O=C(O)C=CC(=O)O. The second-order valence-electron chi connectivity index (χ2n) is 6.15. The molecule has 0 saturated heterocycles. The number of pyridine rings is 1. The van der Waals surface area contributed by atoms with Crippen LogP contribution in [0.2, 0.25) is 5.02 Å². The molecule has 0 radical (unpaired) electrons. The Kier molecular flexibility index (Phi) is 7.35. The number of nitrogens with two attached hydrogens (primary N) is 1. The molecule has 7 heteroatoms. The summed E-state index contributed by atoms with van der Waals surface area (Å²) in [5, 5.41) is 16.4. The highest BCUT2D eigenvalue weighted by molar-refractivity contribution is 6.30.